The number of nitrogens with zero attached hydrogens (tertiary/aromatic N) is 5. The van der Waals surface area contributed by atoms with Gasteiger partial charge in [-0.2, -0.15) is 0 Å². The summed E-state index contributed by atoms with van der Waals surface area (Å²) >= 11 is 0. The minimum absolute atomic E-state index is 0.221. The number of aromatic nitrogens is 3. The fourth-order valence-corrected chi connectivity index (χ4v) is 5.57. The van der Waals surface area contributed by atoms with E-state index in [4.69, 9.17) is 15.1 Å². The van der Waals surface area contributed by atoms with Crippen LogP contribution in [-0.2, 0) is 10.0 Å². The highest BCUT2D eigenvalue weighted by atomic mass is 32.2. The van der Waals surface area contributed by atoms with Crippen molar-refractivity contribution in [2.75, 3.05) is 43.4 Å². The largest absolute Gasteiger partial charge is 0.420 e. The Bertz CT molecular complexity index is 1360. The maximum absolute atomic E-state index is 13.0. The van der Waals surface area contributed by atoms with Crippen LogP contribution in [0.2, 0.25) is 0 Å². The molecule has 1 aromatic carbocycles. The lowest BCUT2D eigenvalue weighted by atomic mass is 9.95. The molecule has 10 nitrogen and oxygen atoms in total. The molecule has 5 atom stereocenters. The summed E-state index contributed by atoms with van der Waals surface area (Å²) in [5, 5.41) is 8.08. The Morgan fingerprint density at radius 3 is 2.45 bits per heavy atom. The van der Waals surface area contributed by atoms with Crippen LogP contribution in [0.25, 0.3) is 11.5 Å². The smallest absolute Gasteiger partial charge is 0.248 e. The van der Waals surface area contributed by atoms with E-state index < -0.39 is 15.3 Å². The Morgan fingerprint density at radius 2 is 1.82 bits per heavy atom. The first-order valence-electron chi connectivity index (χ1n) is 14.1. The van der Waals surface area contributed by atoms with Gasteiger partial charge in [-0.3, -0.25) is 4.72 Å². The molecule has 1 saturated carbocycles. The van der Waals surface area contributed by atoms with Gasteiger partial charge in [0.05, 0.1) is 11.2 Å². The zero-order valence-electron chi connectivity index (χ0n) is 24.4. The zero-order valence-corrected chi connectivity index (χ0v) is 25.2. The third kappa shape index (κ3) is 7.38. The number of anilines is 2. The molecule has 4 rings (SSSR count). The summed E-state index contributed by atoms with van der Waals surface area (Å²) in [6.45, 7) is 10.2. The van der Waals surface area contributed by atoms with Crippen molar-refractivity contribution >= 4 is 21.7 Å². The monoisotopic (exact) mass is 569 g/mol. The minimum Gasteiger partial charge on any atom is -0.420 e. The van der Waals surface area contributed by atoms with Crippen molar-refractivity contribution in [2.24, 2.45) is 17.6 Å². The fraction of sp³-hybridized carbons (Fsp3) is 0.552. The third-order valence-corrected chi connectivity index (χ3v) is 9.72. The van der Waals surface area contributed by atoms with Gasteiger partial charge in [-0.15, -0.1) is 10.2 Å². The van der Waals surface area contributed by atoms with E-state index >= 15 is 0 Å². The highest BCUT2D eigenvalue weighted by Gasteiger charge is 2.34. The molecule has 3 N–H and O–H groups in total. The van der Waals surface area contributed by atoms with Crippen LogP contribution in [-0.4, -0.2) is 67.5 Å². The SMILES string of the molecule is CCC(C)S(=O)(=O)Nc1cc(-c2nnc(C(C)C(N)c3ccccc3)o2)cc(N(CCN(C)C)CC2CC2C)n1. The van der Waals surface area contributed by atoms with Crippen LogP contribution in [0.15, 0.2) is 46.9 Å². The molecule has 5 unspecified atom stereocenters. The highest BCUT2D eigenvalue weighted by Crippen LogP contribution is 2.39. The molecular formula is C29H43N7O3S. The van der Waals surface area contributed by atoms with E-state index in [2.05, 4.69) is 31.6 Å². The normalized spacial score (nSPS) is 19.3. The van der Waals surface area contributed by atoms with Gasteiger partial charge in [0.1, 0.15) is 11.6 Å². The number of nitrogens with one attached hydrogen (secondary N) is 1. The molecule has 218 valence electrons. The van der Waals surface area contributed by atoms with Crippen molar-refractivity contribution in [3.63, 3.8) is 0 Å². The second-order valence-electron chi connectivity index (χ2n) is 11.4. The number of hydrogen-bond donors (Lipinski definition) is 2. The lowest BCUT2D eigenvalue weighted by molar-refractivity contribution is 0.410. The number of pyridine rings is 1. The van der Waals surface area contributed by atoms with E-state index in [1.807, 2.05) is 64.3 Å². The van der Waals surface area contributed by atoms with Crippen LogP contribution in [0.3, 0.4) is 0 Å². The first-order valence-corrected chi connectivity index (χ1v) is 15.6. The van der Waals surface area contributed by atoms with Gasteiger partial charge in [-0.05, 0) is 63.4 Å². The van der Waals surface area contributed by atoms with E-state index in [1.54, 1.807) is 13.0 Å². The summed E-state index contributed by atoms with van der Waals surface area (Å²) in [7, 11) is 0.450. The number of benzene rings is 1. The summed E-state index contributed by atoms with van der Waals surface area (Å²) in [5.41, 5.74) is 8.10. The standard InChI is InChI=1S/C29H43N7O3S/c1-7-20(3)40(37,38)34-25-16-23(17-26(31-25)36(14-13-35(5)6)18-24-15-19(24)2)29-33-32-28(39-29)21(4)27(30)22-11-9-8-10-12-22/h8-12,16-17,19-21,24,27H,7,13-15,18,30H2,1-6H3,(H,31,34). The minimum atomic E-state index is -3.62. The van der Waals surface area contributed by atoms with Gasteiger partial charge in [-0.25, -0.2) is 13.4 Å². The number of likely N-dealkylation sites (N-methyl/N-ethyl adjacent to an activating group) is 1. The summed E-state index contributed by atoms with van der Waals surface area (Å²) in [5.74, 6) is 2.66. The molecule has 2 aromatic heterocycles. The zero-order chi connectivity index (χ0) is 29.0. The summed E-state index contributed by atoms with van der Waals surface area (Å²) in [6.07, 6.45) is 1.67. The predicted molar refractivity (Wildman–Crippen MR) is 160 cm³/mol. The molecule has 0 amide bonds. The van der Waals surface area contributed by atoms with Crippen molar-refractivity contribution in [1.82, 2.24) is 20.1 Å². The highest BCUT2D eigenvalue weighted by molar-refractivity contribution is 7.93. The van der Waals surface area contributed by atoms with E-state index in [1.165, 1.54) is 6.42 Å². The van der Waals surface area contributed by atoms with Crippen LogP contribution >= 0.6 is 0 Å². The molecule has 1 aliphatic rings. The van der Waals surface area contributed by atoms with Crippen LogP contribution in [0.1, 0.15) is 64.0 Å². The first-order chi connectivity index (χ1) is 19.0. The number of nitrogens with two attached hydrogens (primary N) is 1. The Labute approximate surface area is 238 Å². The fourth-order valence-electron chi connectivity index (χ4n) is 4.53. The van der Waals surface area contributed by atoms with Crippen molar-refractivity contribution < 1.29 is 12.8 Å². The van der Waals surface area contributed by atoms with Crippen molar-refractivity contribution in [3.8, 4) is 11.5 Å². The van der Waals surface area contributed by atoms with Gasteiger partial charge in [0.15, 0.2) is 0 Å². The quantitative estimate of drug-likeness (QED) is 0.288. The topological polar surface area (TPSA) is 130 Å². The second-order valence-corrected chi connectivity index (χ2v) is 13.5. The second kappa shape index (κ2) is 12.7. The predicted octanol–water partition coefficient (Wildman–Crippen LogP) is 4.50. The number of hydrogen-bond acceptors (Lipinski definition) is 9. The van der Waals surface area contributed by atoms with E-state index in [0.717, 1.165) is 25.2 Å². The molecule has 3 aromatic rings. The molecule has 0 saturated heterocycles. The molecule has 0 spiro atoms. The number of sulfonamides is 1. The molecule has 1 fully saturated rings. The van der Waals surface area contributed by atoms with Crippen LogP contribution in [0.5, 0.6) is 0 Å². The van der Waals surface area contributed by atoms with Crippen molar-refractivity contribution in [3.05, 3.63) is 53.9 Å². The molecule has 0 radical (unpaired) electrons. The van der Waals surface area contributed by atoms with Gasteiger partial charge in [0, 0.05) is 31.2 Å². The van der Waals surface area contributed by atoms with Gasteiger partial charge >= 0.3 is 0 Å². The van der Waals surface area contributed by atoms with E-state index in [9.17, 15) is 8.42 Å². The molecule has 0 bridgehead atoms. The summed E-state index contributed by atoms with van der Waals surface area (Å²) in [4.78, 5) is 9.11. The molecule has 2 heterocycles. The van der Waals surface area contributed by atoms with Crippen molar-refractivity contribution in [1.29, 1.82) is 0 Å². The summed E-state index contributed by atoms with van der Waals surface area (Å²) in [6, 6.07) is 13.1. The maximum Gasteiger partial charge on any atom is 0.248 e. The average Bonchev–Trinajstić information content (AvgIpc) is 3.41. The van der Waals surface area contributed by atoms with Crippen LogP contribution < -0.4 is 15.4 Å². The average molecular weight is 570 g/mol. The van der Waals surface area contributed by atoms with Crippen LogP contribution in [0, 0.1) is 11.8 Å². The Morgan fingerprint density at radius 1 is 1.12 bits per heavy atom. The molecule has 40 heavy (non-hydrogen) atoms. The van der Waals surface area contributed by atoms with Gasteiger partial charge in [0.25, 0.3) is 0 Å². The Balaban J connectivity index is 1.69. The lowest BCUT2D eigenvalue weighted by Crippen LogP contribution is -2.34. The van der Waals surface area contributed by atoms with Gasteiger partial charge < -0.3 is 20.0 Å². The van der Waals surface area contributed by atoms with Crippen molar-refractivity contribution in [2.45, 2.75) is 57.7 Å². The molecule has 0 aliphatic heterocycles. The summed E-state index contributed by atoms with van der Waals surface area (Å²) < 4.78 is 34.8. The Kier molecular flexibility index (Phi) is 9.48. The van der Waals surface area contributed by atoms with Gasteiger partial charge in [0.2, 0.25) is 21.8 Å². The van der Waals surface area contributed by atoms with E-state index in [-0.39, 0.29) is 17.8 Å². The third-order valence-electron chi connectivity index (χ3n) is 7.84. The maximum atomic E-state index is 13.0. The first kappa shape index (κ1) is 30.0. The number of rotatable bonds is 14. The Hall–Kier alpha value is -3.02. The lowest BCUT2D eigenvalue weighted by Gasteiger charge is -2.26. The molecule has 1 aliphatic carbocycles. The van der Waals surface area contributed by atoms with Gasteiger partial charge in [-0.1, -0.05) is 51.1 Å². The van der Waals surface area contributed by atoms with Crippen LogP contribution in [0.4, 0.5) is 11.6 Å². The molecular weight excluding hydrogens is 526 g/mol. The van der Waals surface area contributed by atoms with E-state index in [0.29, 0.717) is 41.4 Å². The molecule has 11 heteroatoms.